The molecule has 0 aliphatic carbocycles. The van der Waals surface area contributed by atoms with Gasteiger partial charge in [-0.2, -0.15) is 0 Å². The number of carbonyl (C=O) groups excluding carboxylic acids is 2. The molecule has 0 fully saturated rings. The van der Waals surface area contributed by atoms with Crippen molar-refractivity contribution in [3.63, 3.8) is 0 Å². The first kappa shape index (κ1) is 20.6. The summed E-state index contributed by atoms with van der Waals surface area (Å²) in [5, 5.41) is 6.04. The van der Waals surface area contributed by atoms with Gasteiger partial charge in [-0.3, -0.25) is 9.59 Å². The standard InChI is InChI=1S/C22H22ClN3O3/c1-12(2)25-22(28)17-9-19(29-21(17)15-7-5-6-8-18(15)23)16-10-20(26-14(4)27)24-11-13(16)3/h5-12H,1-4H3,(H,25,28)(H,24,26,27). The summed E-state index contributed by atoms with van der Waals surface area (Å²) in [6, 6.07) is 10.6. The van der Waals surface area contributed by atoms with Crippen LogP contribution in [-0.4, -0.2) is 22.8 Å². The van der Waals surface area contributed by atoms with E-state index in [4.69, 9.17) is 16.0 Å². The fourth-order valence-electron chi connectivity index (χ4n) is 2.92. The van der Waals surface area contributed by atoms with Crippen molar-refractivity contribution in [1.82, 2.24) is 10.3 Å². The van der Waals surface area contributed by atoms with Crippen molar-refractivity contribution in [2.75, 3.05) is 5.32 Å². The Morgan fingerprint density at radius 2 is 1.86 bits per heavy atom. The van der Waals surface area contributed by atoms with Crippen molar-refractivity contribution in [2.24, 2.45) is 0 Å². The predicted molar refractivity (Wildman–Crippen MR) is 114 cm³/mol. The van der Waals surface area contributed by atoms with Crippen LogP contribution >= 0.6 is 11.6 Å². The number of furan rings is 1. The van der Waals surface area contributed by atoms with Gasteiger partial charge in [0.1, 0.15) is 17.3 Å². The lowest BCUT2D eigenvalue weighted by Gasteiger charge is -2.08. The van der Waals surface area contributed by atoms with E-state index in [0.717, 1.165) is 11.1 Å². The van der Waals surface area contributed by atoms with Gasteiger partial charge in [-0.15, -0.1) is 0 Å². The van der Waals surface area contributed by atoms with Crippen LogP contribution in [-0.2, 0) is 4.79 Å². The molecule has 0 bridgehead atoms. The molecule has 2 heterocycles. The summed E-state index contributed by atoms with van der Waals surface area (Å²) in [7, 11) is 0. The Balaban J connectivity index is 2.16. The van der Waals surface area contributed by atoms with E-state index in [2.05, 4.69) is 15.6 Å². The van der Waals surface area contributed by atoms with Gasteiger partial charge in [0.15, 0.2) is 0 Å². The molecule has 0 saturated heterocycles. The van der Waals surface area contributed by atoms with E-state index in [1.165, 1.54) is 6.92 Å². The van der Waals surface area contributed by atoms with Crippen LogP contribution in [0.15, 0.2) is 47.0 Å². The maximum absolute atomic E-state index is 12.8. The van der Waals surface area contributed by atoms with Crippen molar-refractivity contribution < 1.29 is 14.0 Å². The van der Waals surface area contributed by atoms with Gasteiger partial charge >= 0.3 is 0 Å². The van der Waals surface area contributed by atoms with Gasteiger partial charge in [-0.25, -0.2) is 4.98 Å². The van der Waals surface area contributed by atoms with Gasteiger partial charge in [0.25, 0.3) is 5.91 Å². The molecule has 3 rings (SSSR count). The first-order chi connectivity index (χ1) is 13.8. The van der Waals surface area contributed by atoms with E-state index < -0.39 is 0 Å². The van der Waals surface area contributed by atoms with Crippen molar-refractivity contribution in [2.45, 2.75) is 33.7 Å². The molecular formula is C22H22ClN3O3. The smallest absolute Gasteiger partial charge is 0.255 e. The molecule has 0 unspecified atom stereocenters. The number of amides is 2. The highest BCUT2D eigenvalue weighted by Crippen LogP contribution is 2.37. The summed E-state index contributed by atoms with van der Waals surface area (Å²) >= 11 is 6.36. The molecule has 2 aromatic heterocycles. The Morgan fingerprint density at radius 3 is 2.52 bits per heavy atom. The van der Waals surface area contributed by atoms with Gasteiger partial charge in [0.2, 0.25) is 5.91 Å². The molecule has 7 heteroatoms. The van der Waals surface area contributed by atoms with Gasteiger partial charge in [0.05, 0.1) is 10.6 Å². The third-order valence-corrected chi connectivity index (χ3v) is 4.52. The molecule has 29 heavy (non-hydrogen) atoms. The third-order valence-electron chi connectivity index (χ3n) is 4.19. The first-order valence-electron chi connectivity index (χ1n) is 9.20. The fraction of sp³-hybridized carbons (Fsp3) is 0.227. The van der Waals surface area contributed by atoms with Crippen LogP contribution < -0.4 is 10.6 Å². The summed E-state index contributed by atoms with van der Waals surface area (Å²) in [6.45, 7) is 7.07. The molecule has 0 aliphatic rings. The number of benzene rings is 1. The highest BCUT2D eigenvalue weighted by Gasteiger charge is 2.23. The zero-order chi connectivity index (χ0) is 21.1. The van der Waals surface area contributed by atoms with Crippen molar-refractivity contribution in [1.29, 1.82) is 0 Å². The van der Waals surface area contributed by atoms with Crippen LogP contribution in [0.2, 0.25) is 5.02 Å². The first-order valence-corrected chi connectivity index (χ1v) is 9.58. The molecule has 0 radical (unpaired) electrons. The maximum Gasteiger partial charge on any atom is 0.255 e. The molecule has 6 nitrogen and oxygen atoms in total. The molecule has 0 aliphatic heterocycles. The minimum Gasteiger partial charge on any atom is -0.455 e. The van der Waals surface area contributed by atoms with Gasteiger partial charge in [0, 0.05) is 30.3 Å². The number of aryl methyl sites for hydroxylation is 1. The number of hydrogen-bond donors (Lipinski definition) is 2. The van der Waals surface area contributed by atoms with Crippen LogP contribution in [0.3, 0.4) is 0 Å². The molecule has 2 N–H and O–H groups in total. The average Bonchev–Trinajstić information content (AvgIpc) is 3.08. The zero-order valence-corrected chi connectivity index (χ0v) is 17.4. The highest BCUT2D eigenvalue weighted by molar-refractivity contribution is 6.33. The lowest BCUT2D eigenvalue weighted by molar-refractivity contribution is -0.114. The summed E-state index contributed by atoms with van der Waals surface area (Å²) in [6.07, 6.45) is 1.64. The second-order valence-corrected chi connectivity index (χ2v) is 7.43. The summed E-state index contributed by atoms with van der Waals surface area (Å²) in [5.41, 5.74) is 2.58. The third kappa shape index (κ3) is 4.66. The Labute approximate surface area is 174 Å². The van der Waals surface area contributed by atoms with E-state index in [1.807, 2.05) is 32.9 Å². The molecule has 0 atom stereocenters. The lowest BCUT2D eigenvalue weighted by atomic mass is 10.1. The number of carbonyl (C=O) groups is 2. The lowest BCUT2D eigenvalue weighted by Crippen LogP contribution is -2.30. The number of hydrogen-bond acceptors (Lipinski definition) is 4. The van der Waals surface area contributed by atoms with E-state index in [-0.39, 0.29) is 17.9 Å². The number of nitrogens with zero attached hydrogens (tertiary/aromatic N) is 1. The molecular weight excluding hydrogens is 390 g/mol. The number of rotatable bonds is 5. The van der Waals surface area contributed by atoms with Gasteiger partial charge in [-0.05, 0) is 50.6 Å². The van der Waals surface area contributed by atoms with E-state index >= 15 is 0 Å². The fourth-order valence-corrected chi connectivity index (χ4v) is 3.14. The zero-order valence-electron chi connectivity index (χ0n) is 16.7. The quantitative estimate of drug-likeness (QED) is 0.614. The molecule has 0 spiro atoms. The Hall–Kier alpha value is -3.12. The number of pyridine rings is 1. The normalized spacial score (nSPS) is 10.8. The Kier molecular flexibility index (Phi) is 6.03. The number of halogens is 1. The van der Waals surface area contributed by atoms with Crippen molar-refractivity contribution >= 4 is 29.2 Å². The van der Waals surface area contributed by atoms with Gasteiger partial charge < -0.3 is 15.1 Å². The van der Waals surface area contributed by atoms with Crippen LogP contribution in [0.1, 0.15) is 36.7 Å². The largest absolute Gasteiger partial charge is 0.455 e. The van der Waals surface area contributed by atoms with E-state index in [0.29, 0.717) is 33.5 Å². The number of nitrogens with one attached hydrogen (secondary N) is 2. The second kappa shape index (κ2) is 8.49. The van der Waals surface area contributed by atoms with Crippen LogP contribution in [0.5, 0.6) is 0 Å². The van der Waals surface area contributed by atoms with Crippen LogP contribution in [0.25, 0.3) is 22.6 Å². The van der Waals surface area contributed by atoms with Gasteiger partial charge in [-0.1, -0.05) is 23.7 Å². The molecule has 150 valence electrons. The van der Waals surface area contributed by atoms with E-state index in [9.17, 15) is 9.59 Å². The Morgan fingerprint density at radius 1 is 1.14 bits per heavy atom. The second-order valence-electron chi connectivity index (χ2n) is 7.03. The van der Waals surface area contributed by atoms with E-state index in [1.54, 1.807) is 30.5 Å². The average molecular weight is 412 g/mol. The Bertz CT molecular complexity index is 1070. The molecule has 1 aromatic carbocycles. The van der Waals surface area contributed by atoms with Crippen molar-refractivity contribution in [3.05, 3.63) is 58.7 Å². The van der Waals surface area contributed by atoms with Crippen LogP contribution in [0.4, 0.5) is 5.82 Å². The number of aromatic nitrogens is 1. The SMILES string of the molecule is CC(=O)Nc1cc(-c2cc(C(=O)NC(C)C)c(-c3ccccc3Cl)o2)c(C)cn1. The summed E-state index contributed by atoms with van der Waals surface area (Å²) < 4.78 is 6.13. The molecule has 3 aromatic rings. The van der Waals surface area contributed by atoms with Crippen molar-refractivity contribution in [3.8, 4) is 22.6 Å². The van der Waals surface area contributed by atoms with Crippen LogP contribution in [0, 0.1) is 6.92 Å². The highest BCUT2D eigenvalue weighted by atomic mass is 35.5. The molecule has 2 amide bonds. The summed E-state index contributed by atoms with van der Waals surface area (Å²) in [5.74, 6) is 0.808. The minimum atomic E-state index is -0.251. The summed E-state index contributed by atoms with van der Waals surface area (Å²) in [4.78, 5) is 28.4. The topological polar surface area (TPSA) is 84.2 Å². The number of anilines is 1. The predicted octanol–water partition coefficient (Wildman–Crippen LogP) is 5.07. The monoisotopic (exact) mass is 411 g/mol. The maximum atomic E-state index is 12.8. The minimum absolute atomic E-state index is 0.0334. The molecule has 0 saturated carbocycles.